The van der Waals surface area contributed by atoms with Crippen LogP contribution in [-0.2, 0) is 6.42 Å². The van der Waals surface area contributed by atoms with Gasteiger partial charge >= 0.3 is 0 Å². The molecule has 0 saturated heterocycles. The average molecular weight is 252 g/mol. The van der Waals surface area contributed by atoms with Gasteiger partial charge in [0, 0.05) is 18.8 Å². The van der Waals surface area contributed by atoms with Crippen molar-refractivity contribution in [2.24, 2.45) is 0 Å². The van der Waals surface area contributed by atoms with Gasteiger partial charge in [-0.15, -0.1) is 0 Å². The van der Waals surface area contributed by atoms with E-state index in [1.165, 1.54) is 12.1 Å². The van der Waals surface area contributed by atoms with Crippen LogP contribution in [-0.4, -0.2) is 10.1 Å². The first-order chi connectivity index (χ1) is 8.16. The van der Waals surface area contributed by atoms with Gasteiger partial charge in [-0.1, -0.05) is 17.7 Å². The topological polar surface area (TPSA) is 33.1 Å². The van der Waals surface area contributed by atoms with Crippen LogP contribution in [0.4, 0.5) is 4.39 Å². The van der Waals surface area contributed by atoms with Crippen LogP contribution >= 0.6 is 11.6 Å². The Kier molecular flexibility index (Phi) is 3.71. The Bertz CT molecular complexity index is 504. The van der Waals surface area contributed by atoms with Gasteiger partial charge in [-0.2, -0.15) is 0 Å². The molecule has 0 aliphatic heterocycles. The molecule has 1 unspecified atom stereocenters. The van der Waals surface area contributed by atoms with E-state index in [9.17, 15) is 9.50 Å². The van der Waals surface area contributed by atoms with Crippen molar-refractivity contribution in [3.63, 3.8) is 0 Å². The monoisotopic (exact) mass is 251 g/mol. The fraction of sp³-hybridized carbons (Fsp3) is 0.154. The summed E-state index contributed by atoms with van der Waals surface area (Å²) in [5.74, 6) is -0.450. The highest BCUT2D eigenvalue weighted by atomic mass is 35.5. The van der Waals surface area contributed by atoms with Crippen LogP contribution < -0.4 is 0 Å². The number of rotatable bonds is 3. The highest BCUT2D eigenvalue weighted by Crippen LogP contribution is 2.21. The molecule has 2 nitrogen and oxygen atoms in total. The summed E-state index contributed by atoms with van der Waals surface area (Å²) in [4.78, 5) is 3.88. The van der Waals surface area contributed by atoms with Crippen LogP contribution in [0.15, 0.2) is 42.7 Å². The number of aromatic nitrogens is 1. The number of aliphatic hydroxyl groups excluding tert-OH is 1. The van der Waals surface area contributed by atoms with E-state index in [1.807, 2.05) is 0 Å². The molecule has 1 atom stereocenters. The highest BCUT2D eigenvalue weighted by Gasteiger charge is 2.09. The lowest BCUT2D eigenvalue weighted by atomic mass is 10.0. The van der Waals surface area contributed by atoms with Gasteiger partial charge in [-0.05, 0) is 35.4 Å². The first-order valence-corrected chi connectivity index (χ1v) is 5.56. The normalized spacial score (nSPS) is 12.4. The lowest BCUT2D eigenvalue weighted by molar-refractivity contribution is 0.178. The molecule has 0 spiro atoms. The Labute approximate surface area is 104 Å². The largest absolute Gasteiger partial charge is 0.388 e. The molecule has 4 heteroatoms. The minimum atomic E-state index is -0.639. The third-order valence-corrected chi connectivity index (χ3v) is 2.79. The van der Waals surface area contributed by atoms with E-state index in [4.69, 9.17) is 11.6 Å². The Morgan fingerprint density at radius 1 is 1.24 bits per heavy atom. The summed E-state index contributed by atoms with van der Waals surface area (Å²) in [6, 6.07) is 7.94. The Morgan fingerprint density at radius 3 is 2.59 bits per heavy atom. The second kappa shape index (κ2) is 5.25. The first kappa shape index (κ1) is 12.0. The van der Waals surface area contributed by atoms with Gasteiger partial charge in [0.25, 0.3) is 0 Å². The summed E-state index contributed by atoms with van der Waals surface area (Å²) in [5, 5.41) is 10.0. The predicted molar refractivity (Wildman–Crippen MR) is 64.3 cm³/mol. The van der Waals surface area contributed by atoms with E-state index in [2.05, 4.69) is 4.98 Å². The number of benzene rings is 1. The Morgan fingerprint density at radius 2 is 1.94 bits per heavy atom. The van der Waals surface area contributed by atoms with Crippen LogP contribution in [0.25, 0.3) is 0 Å². The zero-order valence-corrected chi connectivity index (χ0v) is 9.73. The fourth-order valence-electron chi connectivity index (χ4n) is 1.59. The molecule has 0 saturated carbocycles. The fourth-order valence-corrected chi connectivity index (χ4v) is 1.80. The molecule has 0 bridgehead atoms. The van der Waals surface area contributed by atoms with Gasteiger partial charge in [0.05, 0.1) is 11.1 Å². The molecule has 1 N–H and O–H groups in total. The molecule has 0 aliphatic rings. The number of hydrogen-bond acceptors (Lipinski definition) is 2. The quantitative estimate of drug-likeness (QED) is 0.909. The number of nitrogens with zero attached hydrogens (tertiary/aromatic N) is 1. The van der Waals surface area contributed by atoms with Crippen LogP contribution in [0.2, 0.25) is 5.02 Å². The van der Waals surface area contributed by atoms with E-state index >= 15 is 0 Å². The number of aliphatic hydroxyl groups is 1. The zero-order valence-electron chi connectivity index (χ0n) is 8.98. The summed E-state index contributed by atoms with van der Waals surface area (Å²) < 4.78 is 13.0. The molecular weight excluding hydrogens is 241 g/mol. The third-order valence-electron chi connectivity index (χ3n) is 2.50. The SMILES string of the molecule is OC(Cc1ccc(F)c(Cl)c1)c1ccncc1. The molecule has 2 aromatic rings. The van der Waals surface area contributed by atoms with Crippen molar-refractivity contribution in [2.45, 2.75) is 12.5 Å². The first-order valence-electron chi connectivity index (χ1n) is 5.19. The second-order valence-corrected chi connectivity index (χ2v) is 4.16. The molecule has 2 rings (SSSR count). The molecule has 0 aliphatic carbocycles. The van der Waals surface area contributed by atoms with E-state index in [0.29, 0.717) is 6.42 Å². The lowest BCUT2D eigenvalue weighted by Crippen LogP contribution is -2.02. The van der Waals surface area contributed by atoms with Gasteiger partial charge in [0.15, 0.2) is 0 Å². The summed E-state index contributed by atoms with van der Waals surface area (Å²) in [6.07, 6.45) is 3.00. The van der Waals surface area contributed by atoms with Crippen LogP contribution in [0.5, 0.6) is 0 Å². The summed E-state index contributed by atoms with van der Waals surface area (Å²) in [5.41, 5.74) is 1.57. The van der Waals surface area contributed by atoms with E-state index in [1.54, 1.807) is 30.6 Å². The molecule has 17 heavy (non-hydrogen) atoms. The van der Waals surface area contributed by atoms with E-state index in [-0.39, 0.29) is 5.02 Å². The molecule has 1 aromatic heterocycles. The van der Waals surface area contributed by atoms with Gasteiger partial charge < -0.3 is 5.11 Å². The molecule has 88 valence electrons. The van der Waals surface area contributed by atoms with E-state index < -0.39 is 11.9 Å². The van der Waals surface area contributed by atoms with Crippen molar-refractivity contribution in [2.75, 3.05) is 0 Å². The van der Waals surface area contributed by atoms with Crippen molar-refractivity contribution < 1.29 is 9.50 Å². The maximum Gasteiger partial charge on any atom is 0.141 e. The summed E-state index contributed by atoms with van der Waals surface area (Å²) in [6.45, 7) is 0. The lowest BCUT2D eigenvalue weighted by Gasteiger charge is -2.11. The van der Waals surface area contributed by atoms with Crippen LogP contribution in [0, 0.1) is 5.82 Å². The maximum atomic E-state index is 13.0. The Balaban J connectivity index is 2.13. The van der Waals surface area contributed by atoms with Crippen LogP contribution in [0.1, 0.15) is 17.2 Å². The van der Waals surface area contributed by atoms with Crippen molar-refractivity contribution in [3.8, 4) is 0 Å². The molecular formula is C13H11ClFNO. The molecule has 0 fully saturated rings. The van der Waals surface area contributed by atoms with Crippen molar-refractivity contribution in [3.05, 3.63) is 64.7 Å². The smallest absolute Gasteiger partial charge is 0.141 e. The Hall–Kier alpha value is -1.45. The predicted octanol–water partition coefficient (Wildman–Crippen LogP) is 3.15. The zero-order chi connectivity index (χ0) is 12.3. The van der Waals surface area contributed by atoms with Gasteiger partial charge in [0.2, 0.25) is 0 Å². The van der Waals surface area contributed by atoms with E-state index in [0.717, 1.165) is 11.1 Å². The molecule has 0 amide bonds. The molecule has 0 radical (unpaired) electrons. The molecule has 1 aromatic carbocycles. The van der Waals surface area contributed by atoms with Crippen molar-refractivity contribution in [1.82, 2.24) is 4.98 Å². The number of hydrogen-bond donors (Lipinski definition) is 1. The second-order valence-electron chi connectivity index (χ2n) is 3.75. The molecule has 1 heterocycles. The standard InChI is InChI=1S/C13H11ClFNO/c14-11-7-9(1-2-12(11)15)8-13(17)10-3-5-16-6-4-10/h1-7,13,17H,8H2. The van der Waals surface area contributed by atoms with Crippen molar-refractivity contribution >= 4 is 11.6 Å². The minimum absolute atomic E-state index is 0.0735. The number of halogens is 2. The maximum absolute atomic E-state index is 13.0. The minimum Gasteiger partial charge on any atom is -0.388 e. The van der Waals surface area contributed by atoms with Gasteiger partial charge in [0.1, 0.15) is 5.82 Å². The van der Waals surface area contributed by atoms with Crippen molar-refractivity contribution in [1.29, 1.82) is 0 Å². The van der Waals surface area contributed by atoms with Gasteiger partial charge in [-0.25, -0.2) is 4.39 Å². The summed E-state index contributed by atoms with van der Waals surface area (Å²) in [7, 11) is 0. The van der Waals surface area contributed by atoms with Crippen LogP contribution in [0.3, 0.4) is 0 Å². The van der Waals surface area contributed by atoms with Gasteiger partial charge in [-0.3, -0.25) is 4.98 Å². The summed E-state index contributed by atoms with van der Waals surface area (Å²) >= 11 is 5.68. The third kappa shape index (κ3) is 3.02. The number of pyridine rings is 1. The highest BCUT2D eigenvalue weighted by molar-refractivity contribution is 6.30. The average Bonchev–Trinajstić information content (AvgIpc) is 2.35.